The largest absolute Gasteiger partial charge is 0.379 e. The maximum absolute atomic E-state index is 13.6. The van der Waals surface area contributed by atoms with Crippen molar-refractivity contribution in [3.8, 4) is 6.07 Å². The Kier molecular flexibility index (Phi) is 3.96. The number of carbonyl (C=O) groups is 1. The molecule has 0 aliphatic heterocycles. The molecule has 2 rings (SSSR count). The average Bonchev–Trinajstić information content (AvgIpc) is 2.46. The number of nitrogens with two attached hydrogens (primary N) is 1. The van der Waals surface area contributed by atoms with Gasteiger partial charge in [0.05, 0.1) is 17.3 Å². The fourth-order valence-corrected chi connectivity index (χ4v) is 1.71. The fraction of sp³-hybridized carbons (Fsp3) is 0.0667. The molecule has 0 unspecified atom stereocenters. The number of hydrogen-bond acceptors (Lipinski definition) is 3. The minimum Gasteiger partial charge on any atom is -0.379 e. The van der Waals surface area contributed by atoms with Gasteiger partial charge in [0.2, 0.25) is 5.91 Å². The first-order valence-electron chi connectivity index (χ1n) is 5.92. The molecule has 2 aromatic rings. The molecule has 0 saturated carbocycles. The highest BCUT2D eigenvalue weighted by molar-refractivity contribution is 5.92. The fourth-order valence-electron chi connectivity index (χ4n) is 1.71. The number of amides is 1. The summed E-state index contributed by atoms with van der Waals surface area (Å²) in [7, 11) is 0. The van der Waals surface area contributed by atoms with Gasteiger partial charge >= 0.3 is 0 Å². The minimum atomic E-state index is -0.484. The van der Waals surface area contributed by atoms with Gasteiger partial charge in [0, 0.05) is 12.1 Å². The molecule has 0 atom stereocenters. The second kappa shape index (κ2) is 5.85. The van der Waals surface area contributed by atoms with E-state index in [0.29, 0.717) is 17.8 Å². The van der Waals surface area contributed by atoms with E-state index in [4.69, 9.17) is 11.0 Å². The number of hydrogen-bond donors (Lipinski definition) is 2. The van der Waals surface area contributed by atoms with Gasteiger partial charge in [-0.1, -0.05) is 12.1 Å². The molecule has 2 aromatic carbocycles. The van der Waals surface area contributed by atoms with Crippen LogP contribution in [0.15, 0.2) is 42.5 Å². The van der Waals surface area contributed by atoms with Gasteiger partial charge in [0.1, 0.15) is 5.82 Å². The molecule has 0 radical (unpaired) electrons. The van der Waals surface area contributed by atoms with Gasteiger partial charge in [-0.05, 0) is 35.9 Å². The van der Waals surface area contributed by atoms with Gasteiger partial charge in [-0.2, -0.15) is 5.26 Å². The highest BCUT2D eigenvalue weighted by Crippen LogP contribution is 2.16. The molecule has 0 aliphatic carbocycles. The predicted molar refractivity (Wildman–Crippen MR) is 73.4 cm³/mol. The molecule has 3 N–H and O–H groups in total. The summed E-state index contributed by atoms with van der Waals surface area (Å²) in [6.07, 6.45) is 0. The molecular weight excluding hydrogens is 257 g/mol. The first-order valence-corrected chi connectivity index (χ1v) is 5.92. The van der Waals surface area contributed by atoms with Crippen molar-refractivity contribution in [2.75, 3.05) is 5.32 Å². The van der Waals surface area contributed by atoms with Crippen LogP contribution >= 0.6 is 0 Å². The Morgan fingerprint density at radius 3 is 2.50 bits per heavy atom. The molecule has 0 spiro atoms. The molecule has 0 aromatic heterocycles. The molecule has 1 amide bonds. The van der Waals surface area contributed by atoms with Crippen LogP contribution in [0.1, 0.15) is 21.5 Å². The monoisotopic (exact) mass is 269 g/mol. The van der Waals surface area contributed by atoms with Crippen LogP contribution in [0.2, 0.25) is 0 Å². The number of primary amides is 1. The van der Waals surface area contributed by atoms with Crippen LogP contribution in [0.4, 0.5) is 10.1 Å². The Labute approximate surface area is 115 Å². The Morgan fingerprint density at radius 1 is 1.25 bits per heavy atom. The van der Waals surface area contributed by atoms with Crippen molar-refractivity contribution in [1.82, 2.24) is 0 Å². The van der Waals surface area contributed by atoms with E-state index < -0.39 is 11.7 Å². The zero-order valence-electron chi connectivity index (χ0n) is 10.6. The number of nitrogens with zero attached hydrogens (tertiary/aromatic N) is 1. The molecule has 0 bridgehead atoms. The first kappa shape index (κ1) is 13.6. The topological polar surface area (TPSA) is 78.9 Å². The number of benzene rings is 2. The van der Waals surface area contributed by atoms with Crippen LogP contribution in [-0.2, 0) is 6.54 Å². The van der Waals surface area contributed by atoms with Crippen LogP contribution in [0.5, 0.6) is 0 Å². The Morgan fingerprint density at radius 2 is 1.95 bits per heavy atom. The lowest BCUT2D eigenvalue weighted by Gasteiger charge is -2.08. The Hall–Kier alpha value is -2.87. The van der Waals surface area contributed by atoms with E-state index in [1.54, 1.807) is 30.3 Å². The summed E-state index contributed by atoms with van der Waals surface area (Å²) in [5.74, 6) is -0.958. The maximum atomic E-state index is 13.6. The van der Waals surface area contributed by atoms with Gasteiger partial charge in [0.15, 0.2) is 0 Å². The van der Waals surface area contributed by atoms with Crippen molar-refractivity contribution in [3.05, 3.63) is 65.0 Å². The number of anilines is 1. The summed E-state index contributed by atoms with van der Waals surface area (Å²) in [4.78, 5) is 10.9. The highest BCUT2D eigenvalue weighted by Gasteiger charge is 2.04. The van der Waals surface area contributed by atoms with Crippen LogP contribution in [-0.4, -0.2) is 5.91 Å². The van der Waals surface area contributed by atoms with Gasteiger partial charge in [0.25, 0.3) is 0 Å². The Balaban J connectivity index is 2.05. The van der Waals surface area contributed by atoms with Crippen molar-refractivity contribution in [1.29, 1.82) is 5.26 Å². The lowest BCUT2D eigenvalue weighted by molar-refractivity contribution is 0.100. The maximum Gasteiger partial charge on any atom is 0.248 e. The molecule has 100 valence electrons. The number of rotatable bonds is 4. The van der Waals surface area contributed by atoms with Gasteiger partial charge in [-0.3, -0.25) is 4.79 Å². The number of nitrogens with one attached hydrogen (secondary N) is 1. The summed E-state index contributed by atoms with van der Waals surface area (Å²) >= 11 is 0. The van der Waals surface area contributed by atoms with Crippen LogP contribution in [0, 0.1) is 17.1 Å². The van der Waals surface area contributed by atoms with E-state index in [1.165, 1.54) is 12.1 Å². The summed E-state index contributed by atoms with van der Waals surface area (Å²) in [5, 5.41) is 11.6. The van der Waals surface area contributed by atoms with Crippen LogP contribution < -0.4 is 11.1 Å². The molecule has 20 heavy (non-hydrogen) atoms. The summed E-state index contributed by atoms with van der Waals surface area (Å²) in [6.45, 7) is 0.405. The minimum absolute atomic E-state index is 0.277. The first-order chi connectivity index (χ1) is 9.60. The highest BCUT2D eigenvalue weighted by atomic mass is 19.1. The number of carbonyl (C=O) groups excluding carboxylic acids is 1. The third-order valence-electron chi connectivity index (χ3n) is 2.82. The normalized spacial score (nSPS) is 9.80. The van der Waals surface area contributed by atoms with Crippen molar-refractivity contribution in [2.24, 2.45) is 5.73 Å². The summed E-state index contributed by atoms with van der Waals surface area (Å²) < 4.78 is 13.6. The second-order valence-corrected chi connectivity index (χ2v) is 4.22. The zero-order chi connectivity index (χ0) is 14.5. The van der Waals surface area contributed by atoms with Gasteiger partial charge in [-0.25, -0.2) is 4.39 Å². The molecule has 5 heteroatoms. The third kappa shape index (κ3) is 3.12. The van der Waals surface area contributed by atoms with E-state index in [9.17, 15) is 9.18 Å². The summed E-state index contributed by atoms with van der Waals surface area (Å²) in [5.41, 5.74) is 7.06. The lowest BCUT2D eigenvalue weighted by Crippen LogP contribution is -2.10. The number of nitriles is 1. The SMILES string of the molecule is N#Cc1ccc(NCc2ccc(C(N)=O)cc2)c(F)c1. The van der Waals surface area contributed by atoms with E-state index >= 15 is 0 Å². The molecule has 0 aliphatic rings. The summed E-state index contributed by atoms with van der Waals surface area (Å²) in [6, 6.07) is 12.8. The smallest absolute Gasteiger partial charge is 0.248 e. The zero-order valence-corrected chi connectivity index (χ0v) is 10.6. The van der Waals surface area contributed by atoms with Gasteiger partial charge in [-0.15, -0.1) is 0 Å². The standard InChI is InChI=1S/C15H12FN3O/c16-13-7-11(8-17)3-6-14(13)19-9-10-1-4-12(5-2-10)15(18)20/h1-7,19H,9H2,(H2,18,20). The van der Waals surface area contributed by atoms with E-state index in [2.05, 4.69) is 5.32 Å². The van der Waals surface area contributed by atoms with E-state index in [0.717, 1.165) is 5.56 Å². The second-order valence-electron chi connectivity index (χ2n) is 4.22. The number of halogens is 1. The van der Waals surface area contributed by atoms with Gasteiger partial charge < -0.3 is 11.1 Å². The molecular formula is C15H12FN3O. The van der Waals surface area contributed by atoms with Crippen LogP contribution in [0.3, 0.4) is 0 Å². The molecule has 0 heterocycles. The van der Waals surface area contributed by atoms with Crippen molar-refractivity contribution in [2.45, 2.75) is 6.54 Å². The van der Waals surface area contributed by atoms with E-state index in [-0.39, 0.29) is 5.56 Å². The lowest BCUT2D eigenvalue weighted by atomic mass is 10.1. The molecule has 0 saturated heterocycles. The van der Waals surface area contributed by atoms with Crippen molar-refractivity contribution < 1.29 is 9.18 Å². The molecule has 4 nitrogen and oxygen atoms in total. The van der Waals surface area contributed by atoms with Crippen molar-refractivity contribution in [3.63, 3.8) is 0 Å². The average molecular weight is 269 g/mol. The van der Waals surface area contributed by atoms with E-state index in [1.807, 2.05) is 6.07 Å². The predicted octanol–water partition coefficient (Wildman–Crippen LogP) is 2.41. The molecule has 0 fully saturated rings. The van der Waals surface area contributed by atoms with Crippen LogP contribution in [0.25, 0.3) is 0 Å². The quantitative estimate of drug-likeness (QED) is 0.894. The Bertz CT molecular complexity index is 675. The third-order valence-corrected chi connectivity index (χ3v) is 2.82. The van der Waals surface area contributed by atoms with Crippen molar-refractivity contribution >= 4 is 11.6 Å².